The van der Waals surface area contributed by atoms with E-state index in [0.717, 1.165) is 0 Å². The van der Waals surface area contributed by atoms with Crippen molar-refractivity contribution in [2.45, 2.75) is 18.4 Å². The van der Waals surface area contributed by atoms with E-state index in [2.05, 4.69) is 10.2 Å². The van der Waals surface area contributed by atoms with Crippen molar-refractivity contribution in [3.05, 3.63) is 5.82 Å². The molecule has 0 saturated carbocycles. The van der Waals surface area contributed by atoms with Crippen LogP contribution in [-0.4, -0.2) is 34.1 Å². The van der Waals surface area contributed by atoms with Crippen molar-refractivity contribution in [1.29, 1.82) is 0 Å². The van der Waals surface area contributed by atoms with Gasteiger partial charge in [0.1, 0.15) is 0 Å². The Kier molecular flexibility index (Phi) is 1.86. The molecule has 2 unspecified atom stereocenters. The van der Waals surface area contributed by atoms with E-state index >= 15 is 0 Å². The largest absolute Gasteiger partial charge is 0.379 e. The molecule has 1 aliphatic rings. The maximum absolute atomic E-state index is 5.92. The van der Waals surface area contributed by atoms with Crippen LogP contribution in [0.4, 0.5) is 5.95 Å². The summed E-state index contributed by atoms with van der Waals surface area (Å²) in [5.74, 6) is 6.44. The first-order valence-electron chi connectivity index (χ1n) is 4.35. The summed E-state index contributed by atoms with van der Waals surface area (Å²) in [5.41, 5.74) is 11.0. The molecule has 2 rings (SSSR count). The summed E-state index contributed by atoms with van der Waals surface area (Å²) < 4.78 is 6.55. The summed E-state index contributed by atoms with van der Waals surface area (Å²) in [6.07, 6.45) is 0. The van der Waals surface area contributed by atoms with Crippen molar-refractivity contribution in [2.75, 3.05) is 24.8 Å². The van der Waals surface area contributed by atoms with E-state index in [4.69, 9.17) is 22.0 Å². The minimum atomic E-state index is -0.403. The molecule has 6 N–H and O–H groups in total. The Hall–Kier alpha value is -1.34. The molecule has 7 nitrogen and oxygen atoms in total. The quantitative estimate of drug-likeness (QED) is 0.458. The normalized spacial score (nSPS) is 32.3. The van der Waals surface area contributed by atoms with Crippen LogP contribution in [0.15, 0.2) is 0 Å². The van der Waals surface area contributed by atoms with Crippen molar-refractivity contribution in [2.24, 2.45) is 5.73 Å². The van der Waals surface area contributed by atoms with Crippen LogP contribution in [0.25, 0.3) is 0 Å². The molecule has 0 aliphatic carbocycles. The molecular weight excluding hydrogens is 184 g/mol. The lowest BCUT2D eigenvalue weighted by Crippen LogP contribution is -2.44. The number of ether oxygens (including phenoxy) is 1. The summed E-state index contributed by atoms with van der Waals surface area (Å²) in [7, 11) is 0. The van der Waals surface area contributed by atoms with Crippen LogP contribution in [0.5, 0.6) is 0 Å². The van der Waals surface area contributed by atoms with Crippen molar-refractivity contribution in [3.63, 3.8) is 0 Å². The highest BCUT2D eigenvalue weighted by atomic mass is 16.5. The van der Waals surface area contributed by atoms with Gasteiger partial charge in [-0.05, 0) is 6.92 Å². The topological polar surface area (TPSA) is 118 Å². The van der Waals surface area contributed by atoms with Crippen LogP contribution in [0.3, 0.4) is 0 Å². The van der Waals surface area contributed by atoms with Gasteiger partial charge in [0.2, 0.25) is 5.95 Å². The van der Waals surface area contributed by atoms with E-state index < -0.39 is 5.41 Å². The van der Waals surface area contributed by atoms with Gasteiger partial charge < -0.3 is 22.0 Å². The minimum Gasteiger partial charge on any atom is -0.379 e. The second-order valence-corrected chi connectivity index (χ2v) is 3.79. The molecule has 78 valence electrons. The lowest BCUT2D eigenvalue weighted by Gasteiger charge is -2.24. The molecule has 14 heavy (non-hydrogen) atoms. The Morgan fingerprint density at radius 1 is 1.57 bits per heavy atom. The molecule has 1 aromatic rings. The third kappa shape index (κ3) is 1.06. The fraction of sp³-hybridized carbons (Fsp3) is 0.714. The highest BCUT2D eigenvalue weighted by Gasteiger charge is 2.43. The summed E-state index contributed by atoms with van der Waals surface area (Å²) in [4.78, 5) is 0. The number of nitrogens with zero attached hydrogens (tertiary/aromatic N) is 3. The van der Waals surface area contributed by atoms with Crippen molar-refractivity contribution in [3.8, 4) is 0 Å². The smallest absolute Gasteiger partial charge is 0.240 e. The average Bonchev–Trinajstić information content (AvgIpc) is 2.62. The van der Waals surface area contributed by atoms with E-state index in [9.17, 15) is 0 Å². The summed E-state index contributed by atoms with van der Waals surface area (Å²) >= 11 is 0. The van der Waals surface area contributed by atoms with Crippen LogP contribution < -0.4 is 17.3 Å². The molecule has 1 saturated heterocycles. The molecular formula is C7H14N6O. The van der Waals surface area contributed by atoms with Gasteiger partial charge in [-0.15, -0.1) is 10.2 Å². The van der Waals surface area contributed by atoms with E-state index in [1.165, 1.54) is 4.68 Å². The molecule has 0 spiro atoms. The third-order valence-corrected chi connectivity index (χ3v) is 2.75. The van der Waals surface area contributed by atoms with Gasteiger partial charge >= 0.3 is 0 Å². The van der Waals surface area contributed by atoms with Gasteiger partial charge in [-0.25, -0.2) is 4.68 Å². The Morgan fingerprint density at radius 2 is 2.29 bits per heavy atom. The van der Waals surface area contributed by atoms with Gasteiger partial charge in [-0.1, -0.05) is 0 Å². The highest BCUT2D eigenvalue weighted by molar-refractivity contribution is 5.24. The average molecular weight is 198 g/mol. The third-order valence-electron chi connectivity index (χ3n) is 2.75. The zero-order valence-corrected chi connectivity index (χ0v) is 7.97. The van der Waals surface area contributed by atoms with Gasteiger partial charge in [0.25, 0.3) is 0 Å². The summed E-state index contributed by atoms with van der Waals surface area (Å²) in [6.45, 7) is 2.93. The monoisotopic (exact) mass is 198 g/mol. The van der Waals surface area contributed by atoms with E-state index in [1.54, 1.807) is 0 Å². The van der Waals surface area contributed by atoms with Crippen molar-refractivity contribution in [1.82, 2.24) is 14.9 Å². The zero-order valence-electron chi connectivity index (χ0n) is 7.97. The second-order valence-electron chi connectivity index (χ2n) is 3.79. The van der Waals surface area contributed by atoms with Crippen molar-refractivity contribution >= 4 is 5.95 Å². The molecule has 1 aromatic heterocycles. The molecule has 2 atom stereocenters. The molecule has 1 fully saturated rings. The maximum atomic E-state index is 5.92. The number of hydrogen-bond donors (Lipinski definition) is 3. The predicted molar refractivity (Wildman–Crippen MR) is 50.7 cm³/mol. The number of nitrogens with two attached hydrogens (primary N) is 3. The fourth-order valence-electron chi connectivity index (χ4n) is 1.61. The first-order chi connectivity index (χ1) is 6.55. The molecule has 0 radical (unpaired) electrons. The second kappa shape index (κ2) is 2.82. The maximum Gasteiger partial charge on any atom is 0.240 e. The van der Waals surface area contributed by atoms with E-state index in [-0.39, 0.29) is 12.0 Å². The molecule has 0 bridgehead atoms. The van der Waals surface area contributed by atoms with Crippen LogP contribution in [-0.2, 0) is 10.2 Å². The van der Waals surface area contributed by atoms with Crippen LogP contribution in [0.1, 0.15) is 12.7 Å². The van der Waals surface area contributed by atoms with Gasteiger partial charge in [0.15, 0.2) is 5.82 Å². The molecule has 0 aromatic carbocycles. The Balaban J connectivity index is 2.43. The first kappa shape index (κ1) is 9.22. The molecule has 0 amide bonds. The molecule has 7 heteroatoms. The fourth-order valence-corrected chi connectivity index (χ4v) is 1.61. The number of nitrogen functional groups attached to an aromatic ring is 2. The van der Waals surface area contributed by atoms with Gasteiger partial charge in [0, 0.05) is 6.04 Å². The molecule has 2 heterocycles. The number of rotatable bonds is 1. The Morgan fingerprint density at radius 3 is 2.71 bits per heavy atom. The lowest BCUT2D eigenvalue weighted by molar-refractivity contribution is 0.177. The van der Waals surface area contributed by atoms with E-state index in [0.29, 0.717) is 19.0 Å². The number of anilines is 1. The Labute approximate surface area is 81.2 Å². The van der Waals surface area contributed by atoms with Gasteiger partial charge in [-0.2, -0.15) is 0 Å². The van der Waals surface area contributed by atoms with Crippen LogP contribution >= 0.6 is 0 Å². The zero-order chi connectivity index (χ0) is 10.3. The predicted octanol–water partition coefficient (Wildman–Crippen LogP) is -1.81. The molecule has 1 aliphatic heterocycles. The van der Waals surface area contributed by atoms with Crippen LogP contribution in [0.2, 0.25) is 0 Å². The number of aromatic nitrogens is 3. The van der Waals surface area contributed by atoms with Crippen molar-refractivity contribution < 1.29 is 4.74 Å². The first-order valence-corrected chi connectivity index (χ1v) is 4.35. The van der Waals surface area contributed by atoms with Gasteiger partial charge in [0.05, 0.1) is 18.6 Å². The summed E-state index contributed by atoms with van der Waals surface area (Å²) in [5, 5.41) is 7.62. The SMILES string of the molecule is CC1(c2nnc(N)n2N)COCC1N. The van der Waals surface area contributed by atoms with Gasteiger partial charge in [-0.3, -0.25) is 0 Å². The minimum absolute atomic E-state index is 0.131. The van der Waals surface area contributed by atoms with E-state index in [1.807, 2.05) is 6.92 Å². The number of hydrogen-bond acceptors (Lipinski definition) is 6. The lowest BCUT2D eigenvalue weighted by atomic mass is 9.85. The summed E-state index contributed by atoms with van der Waals surface area (Å²) in [6, 6.07) is -0.131. The highest BCUT2D eigenvalue weighted by Crippen LogP contribution is 2.30. The standard InChI is InChI=1S/C7H14N6O/c1-7(3-14-2-4(7)8)5-11-12-6(9)13(5)10/h4H,2-3,8,10H2,1H3,(H2,9,12). The Bertz CT molecular complexity index is 350. The van der Waals surface area contributed by atoms with Crippen LogP contribution in [0, 0.1) is 0 Å².